The van der Waals surface area contributed by atoms with Crippen molar-refractivity contribution in [2.45, 2.75) is 154 Å². The van der Waals surface area contributed by atoms with Crippen LogP contribution in [0.25, 0.3) is 0 Å². The lowest BCUT2D eigenvalue weighted by atomic mass is 10.0. The maximum atomic E-state index is 10.9. The van der Waals surface area contributed by atoms with Gasteiger partial charge in [0.2, 0.25) is 0 Å². The number of aliphatic hydroxyl groups excluding tert-OH is 4. The molecule has 0 saturated carbocycles. The molecule has 0 heterocycles. The Bertz CT molecular complexity index is 839. The molecule has 0 saturated heterocycles. The molecule has 6 unspecified atom stereocenters. The summed E-state index contributed by atoms with van der Waals surface area (Å²) in [5, 5.41) is 43.2. The summed E-state index contributed by atoms with van der Waals surface area (Å²) in [6.45, 7) is 13.2. The van der Waals surface area contributed by atoms with E-state index in [1.165, 1.54) is 0 Å². The minimum atomic E-state index is -4.12. The number of hydrogen-bond acceptors (Lipinski definition) is 16. The maximum Gasteiger partial charge on any atom is 0.492 e. The van der Waals surface area contributed by atoms with Crippen molar-refractivity contribution in [2.24, 2.45) is 11.8 Å². The van der Waals surface area contributed by atoms with Crippen LogP contribution in [-0.2, 0) is 18.9 Å². The molecule has 0 aromatic heterocycles. The van der Waals surface area contributed by atoms with Crippen LogP contribution in [0.1, 0.15) is 118 Å². The highest BCUT2D eigenvalue weighted by molar-refractivity contribution is 6.56. The number of nitrogens with zero attached hydrogens (tertiary/aromatic N) is 2. The van der Waals surface area contributed by atoms with Crippen molar-refractivity contribution < 1.29 is 68.1 Å². The van der Waals surface area contributed by atoms with Gasteiger partial charge in [0.05, 0.1) is 50.8 Å². The van der Waals surface area contributed by atoms with Gasteiger partial charge in [-0.2, -0.15) is 0 Å². The van der Waals surface area contributed by atoms with Crippen molar-refractivity contribution in [1.82, 2.24) is 9.80 Å². The van der Waals surface area contributed by atoms with E-state index in [2.05, 4.69) is 27.7 Å². The first-order valence-corrected chi connectivity index (χ1v) is 26.4. The van der Waals surface area contributed by atoms with Crippen molar-refractivity contribution in [2.75, 3.05) is 92.1 Å². The van der Waals surface area contributed by atoms with Crippen LogP contribution in [0.4, 0.5) is 0 Å². The molecule has 0 spiro atoms. The van der Waals surface area contributed by atoms with E-state index < -0.39 is 42.0 Å². The number of unbranched alkanes of at least 4 members (excludes halogenated alkanes) is 5. The van der Waals surface area contributed by atoms with E-state index in [0.29, 0.717) is 51.2 Å². The largest absolute Gasteiger partial charge is 0.492 e. The molecule has 18 heteroatoms. The topological polar surface area (TPSA) is 246 Å². The van der Waals surface area contributed by atoms with Gasteiger partial charge in [-0.05, 0) is 63.5 Å². The van der Waals surface area contributed by atoms with Crippen LogP contribution >= 0.6 is 0 Å². The Balaban J connectivity index is 5.14. The fraction of sp³-hybridized carbons (Fsp3) is 1.00. The van der Waals surface area contributed by atoms with E-state index in [-0.39, 0.29) is 77.7 Å². The quantitative estimate of drug-likeness (QED) is 0.0310. The van der Waals surface area contributed by atoms with Crippen molar-refractivity contribution >= 4 is 17.6 Å². The average Bonchev–Trinajstić information content (AvgIpc) is 3.14. The number of ether oxygens (including phenoxy) is 4. The van der Waals surface area contributed by atoms with Gasteiger partial charge < -0.3 is 68.1 Å². The minimum absolute atomic E-state index is 0.0352. The van der Waals surface area contributed by atoms with Gasteiger partial charge in [-0.25, -0.2) is 0 Å². The van der Waals surface area contributed by atoms with Crippen molar-refractivity contribution in [3.63, 3.8) is 0 Å². The molecule has 0 amide bonds. The third kappa shape index (κ3) is 37.5. The van der Waals surface area contributed by atoms with Crippen molar-refractivity contribution in [3.8, 4) is 0 Å². The monoisotopic (exact) mass is 877 g/mol. The van der Waals surface area contributed by atoms with Gasteiger partial charge >= 0.3 is 17.6 Å². The summed E-state index contributed by atoms with van der Waals surface area (Å²) < 4.78 is 22.8. The summed E-state index contributed by atoms with van der Waals surface area (Å²) in [7, 11) is -8.25. The van der Waals surface area contributed by atoms with E-state index in [1.54, 1.807) is 0 Å². The molecular weight excluding hydrogens is 789 g/mol. The van der Waals surface area contributed by atoms with E-state index in [0.717, 1.165) is 77.0 Å². The predicted octanol–water partition coefficient (Wildman–Crippen LogP) is 1.71. The average molecular weight is 877 g/mol. The molecule has 0 aliphatic rings. The Hall–Kier alpha value is -0.206. The summed E-state index contributed by atoms with van der Waals surface area (Å²) in [4.78, 5) is 59.2. The first-order chi connectivity index (χ1) is 27.5. The normalized spacial score (nSPS) is 15.9. The van der Waals surface area contributed by atoms with Crippen LogP contribution in [-0.4, -0.2) is 193 Å². The second kappa shape index (κ2) is 36.3. The molecule has 16 nitrogen and oxygen atoms in total. The van der Waals surface area contributed by atoms with Gasteiger partial charge in [-0.1, -0.05) is 79.1 Å². The summed E-state index contributed by atoms with van der Waals surface area (Å²) in [5.74, 6) is 0.927. The SMILES string of the molecule is CCCCC(CC)COCC(O)CN(CCCCCCN(CC(O)COCCC[Si](O)(O)O)CC(O)COCC(CC)CCCC)CC(O)COCCC[Si](O)(O)O. The van der Waals surface area contributed by atoms with Gasteiger partial charge in [0.25, 0.3) is 0 Å². The maximum absolute atomic E-state index is 10.9. The van der Waals surface area contributed by atoms with Gasteiger partial charge in [0.1, 0.15) is 0 Å². The highest BCUT2D eigenvalue weighted by atomic mass is 28.4. The molecular formula is C40H88N2O14Si2. The number of hydrogen-bond donors (Lipinski definition) is 10. The molecule has 0 fully saturated rings. The van der Waals surface area contributed by atoms with Crippen molar-refractivity contribution in [1.29, 1.82) is 0 Å². The molecule has 10 N–H and O–H groups in total. The van der Waals surface area contributed by atoms with E-state index in [4.69, 9.17) is 18.9 Å². The lowest BCUT2D eigenvalue weighted by Gasteiger charge is -2.28. The first kappa shape index (κ1) is 57.8. The van der Waals surface area contributed by atoms with Gasteiger partial charge in [-0.3, -0.25) is 9.80 Å². The highest BCUT2D eigenvalue weighted by Crippen LogP contribution is 2.15. The number of rotatable bonds is 43. The molecule has 0 bridgehead atoms. The lowest BCUT2D eigenvalue weighted by Crippen LogP contribution is -2.42. The Morgan fingerprint density at radius 1 is 0.414 bits per heavy atom. The molecule has 6 atom stereocenters. The summed E-state index contributed by atoms with van der Waals surface area (Å²) in [5.41, 5.74) is 0. The zero-order valence-corrected chi connectivity index (χ0v) is 38.7. The Morgan fingerprint density at radius 2 is 0.741 bits per heavy atom. The third-order valence-electron chi connectivity index (χ3n) is 10.2. The first-order valence-electron chi connectivity index (χ1n) is 22.3. The Kier molecular flexibility index (Phi) is 36.2. The predicted molar refractivity (Wildman–Crippen MR) is 229 cm³/mol. The molecule has 0 aliphatic heterocycles. The fourth-order valence-electron chi connectivity index (χ4n) is 6.74. The molecule has 0 rings (SSSR count). The van der Waals surface area contributed by atoms with Gasteiger partial charge in [0, 0.05) is 64.7 Å². The van der Waals surface area contributed by atoms with Crippen molar-refractivity contribution in [3.05, 3.63) is 0 Å². The van der Waals surface area contributed by atoms with Gasteiger partial charge in [-0.15, -0.1) is 0 Å². The molecule has 0 aliphatic carbocycles. The molecule has 0 radical (unpaired) electrons. The zero-order chi connectivity index (χ0) is 43.7. The molecule has 0 aromatic rings. The number of aliphatic hydroxyl groups is 4. The molecule has 58 heavy (non-hydrogen) atoms. The minimum Gasteiger partial charge on any atom is -0.390 e. The van der Waals surface area contributed by atoms with Crippen LogP contribution in [0.2, 0.25) is 12.1 Å². The molecule has 350 valence electrons. The van der Waals surface area contributed by atoms with Gasteiger partial charge in [0.15, 0.2) is 0 Å². The zero-order valence-electron chi connectivity index (χ0n) is 36.7. The standard InChI is InChI=1S/C40H88N2O14Si2/c1-5-9-17-35(7-3)29-55-33-39(45)27-41(25-37(43)31-53-21-15-23-57(47,48)49)19-13-11-12-14-20-42(26-38(44)32-54-22-16-24-58(50,51)52)28-40(46)34-56-30-36(8-4)18-10-6-2/h35-40,43-52H,5-34H2,1-4H3. The second-order valence-corrected chi connectivity index (χ2v) is 20.5. The van der Waals surface area contributed by atoms with Crippen LogP contribution in [0, 0.1) is 11.8 Å². The second-order valence-electron chi connectivity index (χ2n) is 16.4. The summed E-state index contributed by atoms with van der Waals surface area (Å²) in [6.07, 6.45) is 9.63. The smallest absolute Gasteiger partial charge is 0.390 e. The fourth-order valence-corrected chi connectivity index (χ4v) is 7.98. The lowest BCUT2D eigenvalue weighted by molar-refractivity contribution is -0.0172. The highest BCUT2D eigenvalue weighted by Gasteiger charge is 2.27. The van der Waals surface area contributed by atoms with E-state index in [1.807, 2.05) is 9.80 Å². The summed E-state index contributed by atoms with van der Waals surface area (Å²) in [6, 6.07) is -0.268. The summed E-state index contributed by atoms with van der Waals surface area (Å²) >= 11 is 0. The Morgan fingerprint density at radius 3 is 1.03 bits per heavy atom. The van der Waals surface area contributed by atoms with E-state index in [9.17, 15) is 49.2 Å². The molecule has 0 aromatic carbocycles. The third-order valence-corrected chi connectivity index (χ3v) is 12.3. The van der Waals surface area contributed by atoms with Crippen LogP contribution in [0.15, 0.2) is 0 Å². The van der Waals surface area contributed by atoms with Crippen LogP contribution in [0.5, 0.6) is 0 Å². The Labute approximate surface area is 352 Å². The van der Waals surface area contributed by atoms with E-state index >= 15 is 0 Å². The van der Waals surface area contributed by atoms with Crippen LogP contribution in [0.3, 0.4) is 0 Å². The van der Waals surface area contributed by atoms with Crippen LogP contribution < -0.4 is 0 Å².